The van der Waals surface area contributed by atoms with Crippen LogP contribution in [0.2, 0.25) is 0 Å². The predicted octanol–water partition coefficient (Wildman–Crippen LogP) is 4.40. The molecule has 11 heteroatoms. The lowest BCUT2D eigenvalue weighted by Gasteiger charge is -2.18. The molecule has 0 saturated heterocycles. The van der Waals surface area contributed by atoms with Crippen molar-refractivity contribution in [3.05, 3.63) is 61.1 Å². The third-order valence-electron chi connectivity index (χ3n) is 4.56. The summed E-state index contributed by atoms with van der Waals surface area (Å²) in [6.07, 6.45) is 8.26. The number of aromatic nitrogens is 6. The first-order valence-electron chi connectivity index (χ1n) is 10.1. The first kappa shape index (κ1) is 21.9. The number of hydrogen-bond donors (Lipinski definition) is 2. The van der Waals surface area contributed by atoms with E-state index in [9.17, 15) is 9.18 Å². The summed E-state index contributed by atoms with van der Waals surface area (Å²) in [5.41, 5.74) is 1.62. The number of carbonyl (C=O) groups excluding carboxylic acids is 1. The Morgan fingerprint density at radius 2 is 1.91 bits per heavy atom. The van der Waals surface area contributed by atoms with Gasteiger partial charge in [0.2, 0.25) is 0 Å². The number of amides is 2. The van der Waals surface area contributed by atoms with E-state index in [-0.39, 0.29) is 23.0 Å². The second kappa shape index (κ2) is 8.69. The summed E-state index contributed by atoms with van der Waals surface area (Å²) in [6.45, 7) is 5.96. The minimum absolute atomic E-state index is 0.0587. The zero-order valence-corrected chi connectivity index (χ0v) is 18.6. The summed E-state index contributed by atoms with van der Waals surface area (Å²) in [5.74, 6) is -0.358. The summed E-state index contributed by atoms with van der Waals surface area (Å²) in [7, 11) is 1.81. The molecule has 0 aliphatic rings. The maximum absolute atomic E-state index is 14.3. The van der Waals surface area contributed by atoms with E-state index in [0.29, 0.717) is 11.4 Å². The average molecular weight is 450 g/mol. The van der Waals surface area contributed by atoms with Crippen LogP contribution in [0.1, 0.15) is 20.8 Å². The van der Waals surface area contributed by atoms with Crippen molar-refractivity contribution in [3.63, 3.8) is 0 Å². The zero-order chi connectivity index (χ0) is 23.6. The van der Waals surface area contributed by atoms with Gasteiger partial charge in [-0.3, -0.25) is 9.36 Å². The highest BCUT2D eigenvalue weighted by molar-refractivity contribution is 5.99. The van der Waals surface area contributed by atoms with Crippen molar-refractivity contribution in [3.8, 4) is 23.0 Å². The molecule has 2 amide bonds. The summed E-state index contributed by atoms with van der Waals surface area (Å²) >= 11 is 0. The van der Waals surface area contributed by atoms with Gasteiger partial charge >= 0.3 is 12.0 Å². The largest absolute Gasteiger partial charge is 0.424 e. The quantitative estimate of drug-likeness (QED) is 0.466. The predicted molar refractivity (Wildman–Crippen MR) is 121 cm³/mol. The molecule has 0 aliphatic carbocycles. The van der Waals surface area contributed by atoms with Gasteiger partial charge in [-0.15, -0.1) is 0 Å². The van der Waals surface area contributed by atoms with Gasteiger partial charge < -0.3 is 15.4 Å². The third-order valence-corrected chi connectivity index (χ3v) is 4.56. The second-order valence-corrected chi connectivity index (χ2v) is 8.29. The number of nitrogens with zero attached hydrogens (tertiary/aromatic N) is 6. The van der Waals surface area contributed by atoms with Crippen LogP contribution < -0.4 is 15.4 Å². The Balaban J connectivity index is 1.46. The lowest BCUT2D eigenvalue weighted by molar-refractivity contribution is 0.262. The zero-order valence-electron chi connectivity index (χ0n) is 18.6. The van der Waals surface area contributed by atoms with Gasteiger partial charge in [0.15, 0.2) is 0 Å². The molecule has 3 aromatic heterocycles. The van der Waals surface area contributed by atoms with Crippen molar-refractivity contribution in [1.82, 2.24) is 29.5 Å². The Bertz CT molecular complexity index is 1290. The molecule has 0 aliphatic heterocycles. The van der Waals surface area contributed by atoms with Gasteiger partial charge in [0.05, 0.1) is 35.0 Å². The topological polar surface area (TPSA) is 112 Å². The number of urea groups is 1. The molecule has 1 aromatic carbocycles. The molecule has 0 atom stereocenters. The number of hydrogen-bond acceptors (Lipinski definition) is 6. The average Bonchev–Trinajstić information content (AvgIpc) is 3.40. The summed E-state index contributed by atoms with van der Waals surface area (Å²) in [5, 5.41) is 13.5. The van der Waals surface area contributed by atoms with Crippen LogP contribution in [0.4, 0.5) is 20.6 Å². The molecule has 0 radical (unpaired) electrons. The lowest BCUT2D eigenvalue weighted by Crippen LogP contribution is -2.22. The number of rotatable bonds is 5. The van der Waals surface area contributed by atoms with Gasteiger partial charge in [-0.2, -0.15) is 15.2 Å². The van der Waals surface area contributed by atoms with Gasteiger partial charge in [-0.05, 0) is 39.0 Å². The molecule has 10 nitrogen and oxygen atoms in total. The van der Waals surface area contributed by atoms with E-state index in [1.54, 1.807) is 34.0 Å². The number of nitrogens with one attached hydrogen (secondary N) is 2. The van der Waals surface area contributed by atoms with Gasteiger partial charge in [0.1, 0.15) is 11.6 Å². The molecular formula is C22H23FN8O2. The number of benzene rings is 1. The molecule has 2 N–H and O–H groups in total. The summed E-state index contributed by atoms with van der Waals surface area (Å²) < 4.78 is 23.4. The highest BCUT2D eigenvalue weighted by atomic mass is 19.1. The van der Waals surface area contributed by atoms with Crippen molar-refractivity contribution in [2.45, 2.75) is 26.3 Å². The van der Waals surface area contributed by atoms with Crippen LogP contribution in [0, 0.1) is 5.82 Å². The van der Waals surface area contributed by atoms with Crippen molar-refractivity contribution in [2.75, 3.05) is 10.6 Å². The van der Waals surface area contributed by atoms with Crippen molar-refractivity contribution < 1.29 is 13.9 Å². The number of carbonyl (C=O) groups is 1. The number of aryl methyl sites for hydroxylation is 1. The van der Waals surface area contributed by atoms with E-state index in [0.717, 1.165) is 5.56 Å². The first-order chi connectivity index (χ1) is 15.7. The van der Waals surface area contributed by atoms with Crippen LogP contribution in [0.5, 0.6) is 11.8 Å². The maximum atomic E-state index is 14.3. The second-order valence-electron chi connectivity index (χ2n) is 8.29. The monoisotopic (exact) mass is 450 g/mol. The summed E-state index contributed by atoms with van der Waals surface area (Å²) in [4.78, 5) is 20.8. The number of anilines is 2. The highest BCUT2D eigenvalue weighted by Crippen LogP contribution is 2.26. The van der Waals surface area contributed by atoms with Crippen molar-refractivity contribution in [1.29, 1.82) is 0 Å². The SMILES string of the molecule is Cn1cc(-c2ccnc(Oc3ccc(F)c(NC(=O)Nc4cnn(C(C)(C)C)c4)c3)n2)cn1. The van der Waals surface area contributed by atoms with Gasteiger partial charge in [-0.1, -0.05) is 0 Å². The fourth-order valence-corrected chi connectivity index (χ4v) is 2.91. The Kier molecular flexibility index (Phi) is 5.78. The Hall–Kier alpha value is -4.28. The van der Waals surface area contributed by atoms with Crippen LogP contribution in [0.15, 0.2) is 55.2 Å². The highest BCUT2D eigenvalue weighted by Gasteiger charge is 2.16. The van der Waals surface area contributed by atoms with E-state index in [1.165, 1.54) is 24.4 Å². The Morgan fingerprint density at radius 1 is 1.09 bits per heavy atom. The van der Waals surface area contributed by atoms with Crippen LogP contribution in [-0.4, -0.2) is 35.6 Å². The number of halogens is 1. The molecule has 170 valence electrons. The van der Waals surface area contributed by atoms with E-state index in [4.69, 9.17) is 4.74 Å². The molecule has 0 saturated carbocycles. The van der Waals surface area contributed by atoms with Crippen molar-refractivity contribution >= 4 is 17.4 Å². The van der Waals surface area contributed by atoms with Crippen LogP contribution in [0.3, 0.4) is 0 Å². The third kappa shape index (κ3) is 5.32. The van der Waals surface area contributed by atoms with Crippen molar-refractivity contribution in [2.24, 2.45) is 7.05 Å². The standard InChI is InChI=1S/C22H23FN8O2/c1-22(2,3)31-13-15(11-26-31)27-20(32)28-19-9-16(5-6-17(19)23)33-21-24-8-7-18(29-21)14-10-25-30(4)12-14/h5-13H,1-4H3,(H2,27,28,32). The molecule has 3 heterocycles. The molecule has 0 fully saturated rings. The molecular weight excluding hydrogens is 427 g/mol. The molecule has 4 rings (SSSR count). The van der Waals surface area contributed by atoms with Gasteiger partial charge in [-0.25, -0.2) is 14.2 Å². The van der Waals surface area contributed by atoms with E-state index in [1.807, 2.05) is 34.0 Å². The number of ether oxygens (including phenoxy) is 1. The molecule has 0 unspecified atom stereocenters. The molecule has 0 spiro atoms. The first-order valence-corrected chi connectivity index (χ1v) is 10.1. The fraction of sp³-hybridized carbons (Fsp3) is 0.227. The van der Waals surface area contributed by atoms with Gasteiger partial charge in [0, 0.05) is 37.3 Å². The van der Waals surface area contributed by atoms with E-state index < -0.39 is 11.8 Å². The van der Waals surface area contributed by atoms with Crippen LogP contribution in [0.25, 0.3) is 11.3 Å². The lowest BCUT2D eigenvalue weighted by atomic mass is 10.1. The van der Waals surface area contributed by atoms with E-state index >= 15 is 0 Å². The molecule has 4 aromatic rings. The summed E-state index contributed by atoms with van der Waals surface area (Å²) in [6, 6.07) is 5.16. The molecule has 0 bridgehead atoms. The van der Waals surface area contributed by atoms with E-state index in [2.05, 4.69) is 30.8 Å². The smallest absolute Gasteiger partial charge is 0.323 e. The molecule has 33 heavy (non-hydrogen) atoms. The maximum Gasteiger partial charge on any atom is 0.323 e. The van der Waals surface area contributed by atoms with Gasteiger partial charge in [0.25, 0.3) is 0 Å². The fourth-order valence-electron chi connectivity index (χ4n) is 2.91. The Labute approximate surface area is 189 Å². The minimum atomic E-state index is -0.618. The van der Waals surface area contributed by atoms with Crippen LogP contribution >= 0.6 is 0 Å². The minimum Gasteiger partial charge on any atom is -0.424 e. The Morgan fingerprint density at radius 3 is 2.61 bits per heavy atom. The van der Waals surface area contributed by atoms with Crippen LogP contribution in [-0.2, 0) is 12.6 Å². The normalized spacial score (nSPS) is 11.3.